The molecule has 0 aromatic heterocycles. The molecular formula is C21H28N2O5. The summed E-state index contributed by atoms with van der Waals surface area (Å²) in [6.07, 6.45) is 3.97. The second-order valence-corrected chi connectivity index (χ2v) is 7.65. The number of carboxylic acid groups (broad SMARTS) is 1. The molecule has 0 spiro atoms. The second kappa shape index (κ2) is 9.57. The van der Waals surface area contributed by atoms with Crippen molar-refractivity contribution in [3.8, 4) is 5.75 Å². The van der Waals surface area contributed by atoms with Gasteiger partial charge in [-0.3, -0.25) is 14.4 Å². The number of rotatable bonds is 6. The van der Waals surface area contributed by atoms with Crippen LogP contribution in [-0.4, -0.2) is 53.5 Å². The van der Waals surface area contributed by atoms with Crippen LogP contribution in [0.4, 0.5) is 0 Å². The lowest BCUT2D eigenvalue weighted by atomic mass is 9.85. The van der Waals surface area contributed by atoms with E-state index in [1.165, 1.54) is 0 Å². The van der Waals surface area contributed by atoms with Crippen molar-refractivity contribution in [3.05, 3.63) is 30.3 Å². The Kier molecular flexibility index (Phi) is 6.90. The lowest BCUT2D eigenvalue weighted by molar-refractivity contribution is -0.143. The van der Waals surface area contributed by atoms with Crippen LogP contribution in [0.15, 0.2) is 30.3 Å². The van der Waals surface area contributed by atoms with Gasteiger partial charge in [-0.15, -0.1) is 0 Å². The predicted molar refractivity (Wildman–Crippen MR) is 103 cm³/mol. The number of aliphatic carboxylic acids is 1. The van der Waals surface area contributed by atoms with Crippen molar-refractivity contribution < 1.29 is 24.2 Å². The first-order valence-electron chi connectivity index (χ1n) is 10.0. The normalized spacial score (nSPS) is 23.1. The number of ether oxygens (including phenoxy) is 1. The van der Waals surface area contributed by atoms with Crippen LogP contribution >= 0.6 is 0 Å². The Bertz CT molecular complexity index is 677. The van der Waals surface area contributed by atoms with E-state index in [-0.39, 0.29) is 36.3 Å². The number of likely N-dealkylation sites (tertiary alicyclic amines) is 1. The fourth-order valence-corrected chi connectivity index (χ4v) is 3.95. The van der Waals surface area contributed by atoms with Crippen LogP contribution in [0, 0.1) is 11.8 Å². The van der Waals surface area contributed by atoms with Gasteiger partial charge in [0.1, 0.15) is 5.75 Å². The molecule has 0 atom stereocenters. The van der Waals surface area contributed by atoms with E-state index in [9.17, 15) is 14.4 Å². The summed E-state index contributed by atoms with van der Waals surface area (Å²) in [5, 5.41) is 12.1. The highest BCUT2D eigenvalue weighted by molar-refractivity contribution is 5.81. The minimum atomic E-state index is -0.738. The van der Waals surface area contributed by atoms with Crippen LogP contribution in [0.5, 0.6) is 5.75 Å². The molecule has 0 bridgehead atoms. The average molecular weight is 388 g/mol. The van der Waals surface area contributed by atoms with Gasteiger partial charge in [0.25, 0.3) is 5.91 Å². The zero-order valence-corrected chi connectivity index (χ0v) is 16.0. The second-order valence-electron chi connectivity index (χ2n) is 7.65. The molecule has 1 saturated heterocycles. The zero-order chi connectivity index (χ0) is 19.9. The Labute approximate surface area is 165 Å². The summed E-state index contributed by atoms with van der Waals surface area (Å²) in [5.41, 5.74) is 0. The molecule has 1 heterocycles. The Morgan fingerprint density at radius 3 is 2.21 bits per heavy atom. The van der Waals surface area contributed by atoms with Crippen molar-refractivity contribution >= 4 is 17.8 Å². The summed E-state index contributed by atoms with van der Waals surface area (Å²) in [5.74, 6) is -0.460. The fourth-order valence-electron chi connectivity index (χ4n) is 3.95. The molecule has 0 radical (unpaired) electrons. The molecule has 1 aromatic rings. The highest BCUT2D eigenvalue weighted by atomic mass is 16.5. The summed E-state index contributed by atoms with van der Waals surface area (Å²) in [6.45, 7) is 1.12. The molecule has 1 aromatic carbocycles. The SMILES string of the molecule is O=C(O)C1CCC(NC(=O)C2CCN(C(=O)COc3ccccc3)CC2)CC1. The first-order valence-corrected chi connectivity index (χ1v) is 10.0. The van der Waals surface area contributed by atoms with Gasteiger partial charge in [0.2, 0.25) is 5.91 Å². The Morgan fingerprint density at radius 1 is 0.964 bits per heavy atom. The molecule has 2 amide bonds. The molecule has 28 heavy (non-hydrogen) atoms. The molecule has 0 unspecified atom stereocenters. The molecular weight excluding hydrogens is 360 g/mol. The number of piperidine rings is 1. The quantitative estimate of drug-likeness (QED) is 0.778. The maximum atomic E-state index is 12.5. The number of carbonyl (C=O) groups is 3. The summed E-state index contributed by atoms with van der Waals surface area (Å²) >= 11 is 0. The number of nitrogens with zero attached hydrogens (tertiary/aromatic N) is 1. The Balaban J connectivity index is 1.37. The molecule has 2 fully saturated rings. The van der Waals surface area contributed by atoms with Crippen molar-refractivity contribution in [3.63, 3.8) is 0 Å². The monoisotopic (exact) mass is 388 g/mol. The number of amides is 2. The van der Waals surface area contributed by atoms with Crippen molar-refractivity contribution in [2.24, 2.45) is 11.8 Å². The van der Waals surface area contributed by atoms with Gasteiger partial charge in [0, 0.05) is 25.0 Å². The summed E-state index contributed by atoms with van der Waals surface area (Å²) in [4.78, 5) is 37.6. The van der Waals surface area contributed by atoms with E-state index in [1.807, 2.05) is 30.3 Å². The van der Waals surface area contributed by atoms with Crippen LogP contribution in [0.3, 0.4) is 0 Å². The number of hydrogen-bond donors (Lipinski definition) is 2. The fraction of sp³-hybridized carbons (Fsp3) is 0.571. The van der Waals surface area contributed by atoms with Crippen LogP contribution < -0.4 is 10.1 Å². The van der Waals surface area contributed by atoms with Gasteiger partial charge in [0.15, 0.2) is 6.61 Å². The first-order chi connectivity index (χ1) is 13.5. The molecule has 7 nitrogen and oxygen atoms in total. The number of benzene rings is 1. The molecule has 1 aliphatic heterocycles. The van der Waals surface area contributed by atoms with E-state index in [4.69, 9.17) is 9.84 Å². The van der Waals surface area contributed by atoms with Crippen molar-refractivity contribution in [1.82, 2.24) is 10.2 Å². The van der Waals surface area contributed by atoms with Crippen LogP contribution in [0.2, 0.25) is 0 Å². The van der Waals surface area contributed by atoms with E-state index in [2.05, 4.69) is 5.32 Å². The van der Waals surface area contributed by atoms with E-state index < -0.39 is 5.97 Å². The number of carboxylic acids is 1. The molecule has 1 aliphatic carbocycles. The number of nitrogens with one attached hydrogen (secondary N) is 1. The lowest BCUT2D eigenvalue weighted by Crippen LogP contribution is -2.47. The van der Waals surface area contributed by atoms with Crippen LogP contribution in [0.1, 0.15) is 38.5 Å². The highest BCUT2D eigenvalue weighted by Gasteiger charge is 2.31. The number of hydrogen-bond acceptors (Lipinski definition) is 4. The minimum absolute atomic E-state index is 0.00763. The minimum Gasteiger partial charge on any atom is -0.484 e. The maximum absolute atomic E-state index is 12.5. The summed E-state index contributed by atoms with van der Waals surface area (Å²) < 4.78 is 5.51. The van der Waals surface area contributed by atoms with E-state index >= 15 is 0 Å². The third-order valence-corrected chi connectivity index (χ3v) is 5.75. The molecule has 2 N–H and O–H groups in total. The van der Waals surface area contributed by atoms with Crippen LogP contribution in [-0.2, 0) is 14.4 Å². The van der Waals surface area contributed by atoms with Crippen molar-refractivity contribution in [1.29, 1.82) is 0 Å². The average Bonchev–Trinajstić information content (AvgIpc) is 2.73. The van der Waals surface area contributed by atoms with Gasteiger partial charge in [-0.1, -0.05) is 18.2 Å². The maximum Gasteiger partial charge on any atom is 0.306 e. The van der Waals surface area contributed by atoms with Crippen molar-refractivity contribution in [2.45, 2.75) is 44.6 Å². The van der Waals surface area contributed by atoms with E-state index in [0.29, 0.717) is 44.5 Å². The molecule has 7 heteroatoms. The van der Waals surface area contributed by atoms with Crippen LogP contribution in [0.25, 0.3) is 0 Å². The van der Waals surface area contributed by atoms with Gasteiger partial charge in [0.05, 0.1) is 5.92 Å². The molecule has 3 rings (SSSR count). The highest BCUT2D eigenvalue weighted by Crippen LogP contribution is 2.25. The summed E-state index contributed by atoms with van der Waals surface area (Å²) in [7, 11) is 0. The zero-order valence-electron chi connectivity index (χ0n) is 16.0. The molecule has 2 aliphatic rings. The summed E-state index contributed by atoms with van der Waals surface area (Å²) in [6, 6.07) is 9.31. The Morgan fingerprint density at radius 2 is 1.61 bits per heavy atom. The topological polar surface area (TPSA) is 95.9 Å². The standard InChI is InChI=1S/C21H28N2O5/c24-19(14-28-18-4-2-1-3-5-18)23-12-10-15(11-13-23)20(25)22-17-8-6-16(7-9-17)21(26)27/h1-5,15-17H,6-14H2,(H,22,25)(H,26,27). The van der Waals surface area contributed by atoms with Gasteiger partial charge >= 0.3 is 5.97 Å². The predicted octanol–water partition coefficient (Wildman–Crippen LogP) is 2.06. The van der Waals surface area contributed by atoms with E-state index in [1.54, 1.807) is 4.90 Å². The molecule has 152 valence electrons. The molecule has 1 saturated carbocycles. The van der Waals surface area contributed by atoms with Crippen molar-refractivity contribution in [2.75, 3.05) is 19.7 Å². The first kappa shape index (κ1) is 20.2. The number of para-hydroxylation sites is 1. The van der Waals surface area contributed by atoms with Gasteiger partial charge in [-0.25, -0.2) is 0 Å². The number of carbonyl (C=O) groups excluding carboxylic acids is 2. The Hall–Kier alpha value is -2.57. The van der Waals surface area contributed by atoms with Gasteiger partial charge < -0.3 is 20.1 Å². The van der Waals surface area contributed by atoms with E-state index in [0.717, 1.165) is 12.8 Å². The third-order valence-electron chi connectivity index (χ3n) is 5.75. The smallest absolute Gasteiger partial charge is 0.306 e. The van der Waals surface area contributed by atoms with Gasteiger partial charge in [-0.2, -0.15) is 0 Å². The third kappa shape index (κ3) is 5.47. The van der Waals surface area contributed by atoms with Gasteiger partial charge in [-0.05, 0) is 50.7 Å². The lowest BCUT2D eigenvalue weighted by Gasteiger charge is -2.33. The largest absolute Gasteiger partial charge is 0.484 e.